The van der Waals surface area contributed by atoms with Gasteiger partial charge in [0.15, 0.2) is 6.29 Å². The van der Waals surface area contributed by atoms with Gasteiger partial charge in [0, 0.05) is 10.0 Å². The molecule has 86 valence electrons. The van der Waals surface area contributed by atoms with Crippen LogP contribution >= 0.6 is 15.9 Å². The van der Waals surface area contributed by atoms with Crippen molar-refractivity contribution < 1.29 is 18.7 Å². The maximum atomic E-state index is 13.6. The van der Waals surface area contributed by atoms with Gasteiger partial charge in [0.1, 0.15) is 5.82 Å². The summed E-state index contributed by atoms with van der Waals surface area (Å²) in [5.41, 5.74) is 0.0728. The maximum Gasteiger partial charge on any atom is 0.310 e. The number of ether oxygens (including phenoxy) is 1. The van der Waals surface area contributed by atoms with E-state index in [-0.39, 0.29) is 24.2 Å². The number of benzene rings is 1. The predicted molar refractivity (Wildman–Crippen MR) is 59.8 cm³/mol. The van der Waals surface area contributed by atoms with Crippen LogP contribution < -0.4 is 0 Å². The van der Waals surface area contributed by atoms with Gasteiger partial charge in [-0.1, -0.05) is 15.9 Å². The van der Waals surface area contributed by atoms with Crippen molar-refractivity contribution in [2.45, 2.75) is 13.3 Å². The van der Waals surface area contributed by atoms with Gasteiger partial charge in [-0.15, -0.1) is 0 Å². The third-order valence-corrected chi connectivity index (χ3v) is 2.37. The Labute approximate surface area is 101 Å². The van der Waals surface area contributed by atoms with E-state index in [4.69, 9.17) is 4.74 Å². The Morgan fingerprint density at radius 2 is 2.25 bits per heavy atom. The van der Waals surface area contributed by atoms with Crippen LogP contribution in [0.5, 0.6) is 0 Å². The van der Waals surface area contributed by atoms with E-state index in [1.807, 2.05) is 0 Å². The molecule has 5 heteroatoms. The van der Waals surface area contributed by atoms with Gasteiger partial charge in [-0.2, -0.15) is 0 Å². The van der Waals surface area contributed by atoms with Gasteiger partial charge in [0.2, 0.25) is 0 Å². The van der Waals surface area contributed by atoms with E-state index in [2.05, 4.69) is 15.9 Å². The first kappa shape index (κ1) is 12.8. The van der Waals surface area contributed by atoms with Gasteiger partial charge in [0.05, 0.1) is 18.6 Å². The van der Waals surface area contributed by atoms with E-state index >= 15 is 0 Å². The number of carbonyl (C=O) groups is 2. The highest BCUT2D eigenvalue weighted by Crippen LogP contribution is 2.20. The molecule has 1 aromatic carbocycles. The van der Waals surface area contributed by atoms with E-state index in [9.17, 15) is 14.0 Å². The lowest BCUT2D eigenvalue weighted by molar-refractivity contribution is -0.142. The molecular weight excluding hydrogens is 279 g/mol. The van der Waals surface area contributed by atoms with Gasteiger partial charge >= 0.3 is 5.97 Å². The quantitative estimate of drug-likeness (QED) is 0.632. The van der Waals surface area contributed by atoms with Gasteiger partial charge in [-0.05, 0) is 19.1 Å². The van der Waals surface area contributed by atoms with E-state index in [0.717, 1.165) is 0 Å². The number of hydrogen-bond acceptors (Lipinski definition) is 3. The number of aldehydes is 1. The van der Waals surface area contributed by atoms with Gasteiger partial charge in [0.25, 0.3) is 0 Å². The first-order chi connectivity index (χ1) is 7.58. The fraction of sp³-hybridized carbons (Fsp3) is 0.273. The number of hydrogen-bond donors (Lipinski definition) is 0. The first-order valence-electron chi connectivity index (χ1n) is 4.67. The second kappa shape index (κ2) is 5.75. The fourth-order valence-electron chi connectivity index (χ4n) is 1.25. The molecule has 16 heavy (non-hydrogen) atoms. The molecule has 0 amide bonds. The summed E-state index contributed by atoms with van der Waals surface area (Å²) in [7, 11) is 0. The summed E-state index contributed by atoms with van der Waals surface area (Å²) in [5, 5.41) is 0. The lowest BCUT2D eigenvalue weighted by atomic mass is 10.1. The van der Waals surface area contributed by atoms with Crippen LogP contribution in [0, 0.1) is 5.82 Å². The molecule has 1 aromatic rings. The van der Waals surface area contributed by atoms with Crippen LogP contribution in [0.3, 0.4) is 0 Å². The second-order valence-electron chi connectivity index (χ2n) is 3.07. The lowest BCUT2D eigenvalue weighted by Gasteiger charge is -2.06. The number of rotatable bonds is 4. The minimum absolute atomic E-state index is 0.0753. The zero-order valence-corrected chi connectivity index (χ0v) is 10.2. The highest BCUT2D eigenvalue weighted by atomic mass is 79.9. The van der Waals surface area contributed by atoms with Crippen molar-refractivity contribution in [3.05, 3.63) is 33.5 Å². The van der Waals surface area contributed by atoms with Crippen molar-refractivity contribution in [3.8, 4) is 0 Å². The molecule has 0 bridgehead atoms. The Balaban J connectivity index is 2.99. The zero-order chi connectivity index (χ0) is 12.1. The van der Waals surface area contributed by atoms with Crippen molar-refractivity contribution in [2.75, 3.05) is 6.61 Å². The second-order valence-corrected chi connectivity index (χ2v) is 3.98. The third kappa shape index (κ3) is 3.13. The predicted octanol–water partition coefficient (Wildman–Crippen LogP) is 2.51. The summed E-state index contributed by atoms with van der Waals surface area (Å²) < 4.78 is 18.8. The van der Waals surface area contributed by atoms with E-state index in [0.29, 0.717) is 10.8 Å². The molecule has 0 aliphatic rings. The highest BCUT2D eigenvalue weighted by Gasteiger charge is 2.13. The first-order valence-corrected chi connectivity index (χ1v) is 5.46. The molecule has 0 atom stereocenters. The summed E-state index contributed by atoms with van der Waals surface area (Å²) >= 11 is 3.14. The summed E-state index contributed by atoms with van der Waals surface area (Å²) in [6, 6.07) is 2.82. The Morgan fingerprint density at radius 3 is 2.81 bits per heavy atom. The van der Waals surface area contributed by atoms with Crippen LogP contribution in [0.1, 0.15) is 22.8 Å². The van der Waals surface area contributed by atoms with Crippen molar-refractivity contribution in [2.24, 2.45) is 0 Å². The topological polar surface area (TPSA) is 43.4 Å². The molecule has 0 heterocycles. The molecular formula is C11H10BrFO3. The largest absolute Gasteiger partial charge is 0.466 e. The molecule has 0 aliphatic carbocycles. The average molecular weight is 289 g/mol. The van der Waals surface area contributed by atoms with Crippen LogP contribution in [0.25, 0.3) is 0 Å². The monoisotopic (exact) mass is 288 g/mol. The van der Waals surface area contributed by atoms with Crippen molar-refractivity contribution in [1.29, 1.82) is 0 Å². The van der Waals surface area contributed by atoms with Gasteiger partial charge in [-0.3, -0.25) is 9.59 Å². The maximum absolute atomic E-state index is 13.6. The van der Waals surface area contributed by atoms with Gasteiger partial charge in [-0.25, -0.2) is 4.39 Å². The highest BCUT2D eigenvalue weighted by molar-refractivity contribution is 9.10. The Morgan fingerprint density at radius 1 is 1.56 bits per heavy atom. The van der Waals surface area contributed by atoms with E-state index in [1.165, 1.54) is 12.1 Å². The Hall–Kier alpha value is -1.23. The van der Waals surface area contributed by atoms with Crippen molar-refractivity contribution in [1.82, 2.24) is 0 Å². The van der Waals surface area contributed by atoms with Crippen LogP contribution in [0.4, 0.5) is 4.39 Å². The molecule has 1 rings (SSSR count). The summed E-state index contributed by atoms with van der Waals surface area (Å²) in [6.07, 6.45) is 0.231. The molecule has 0 N–H and O–H groups in total. The minimum atomic E-state index is -0.675. The van der Waals surface area contributed by atoms with Crippen LogP contribution in [0.15, 0.2) is 16.6 Å². The van der Waals surface area contributed by atoms with Crippen LogP contribution in [0.2, 0.25) is 0 Å². The number of halogens is 2. The Kier molecular flexibility index (Phi) is 4.61. The van der Waals surface area contributed by atoms with E-state index in [1.54, 1.807) is 6.92 Å². The zero-order valence-electron chi connectivity index (χ0n) is 8.63. The normalized spacial score (nSPS) is 9.94. The van der Waals surface area contributed by atoms with E-state index < -0.39 is 11.8 Å². The molecule has 0 saturated carbocycles. The SMILES string of the molecule is CCOC(=O)Cc1cc(Br)cc(C=O)c1F. The molecule has 0 radical (unpaired) electrons. The standard InChI is InChI=1S/C11H10BrFO3/c1-2-16-10(15)5-7-3-9(12)4-8(6-14)11(7)13/h3-4,6H,2,5H2,1H3. The minimum Gasteiger partial charge on any atom is -0.466 e. The fourth-order valence-corrected chi connectivity index (χ4v) is 1.77. The summed E-state index contributed by atoms with van der Waals surface area (Å²) in [6.45, 7) is 1.92. The third-order valence-electron chi connectivity index (χ3n) is 1.91. The average Bonchev–Trinajstić information content (AvgIpc) is 2.23. The molecule has 0 aromatic heterocycles. The molecule has 0 saturated heterocycles. The van der Waals surface area contributed by atoms with Crippen LogP contribution in [-0.2, 0) is 16.0 Å². The Bertz CT molecular complexity index is 418. The van der Waals surface area contributed by atoms with Crippen molar-refractivity contribution >= 4 is 28.2 Å². The lowest BCUT2D eigenvalue weighted by Crippen LogP contribution is -2.09. The molecule has 3 nitrogen and oxygen atoms in total. The number of esters is 1. The molecule has 0 fully saturated rings. The number of carbonyl (C=O) groups excluding carboxylic acids is 2. The smallest absolute Gasteiger partial charge is 0.310 e. The summed E-state index contributed by atoms with van der Waals surface area (Å²) in [4.78, 5) is 21.7. The van der Waals surface area contributed by atoms with Crippen molar-refractivity contribution in [3.63, 3.8) is 0 Å². The molecule has 0 spiro atoms. The van der Waals surface area contributed by atoms with Gasteiger partial charge < -0.3 is 4.74 Å². The van der Waals surface area contributed by atoms with Crippen LogP contribution in [-0.4, -0.2) is 18.9 Å². The summed E-state index contributed by atoms with van der Waals surface area (Å²) in [5.74, 6) is -1.19. The molecule has 0 unspecified atom stereocenters. The molecule has 0 aliphatic heterocycles.